The second-order valence-electron chi connectivity index (χ2n) is 3.09. The molecule has 0 aromatic carbocycles. The molecule has 0 atom stereocenters. The number of hydrogen-bond acceptors (Lipinski definition) is 3. The molecular weight excluding hydrogens is 174 g/mol. The van der Waals surface area contributed by atoms with Crippen LogP contribution in [0.1, 0.15) is 27.7 Å². The highest BCUT2D eigenvalue weighted by atomic mass is 16.4. The van der Waals surface area contributed by atoms with Gasteiger partial charge in [-0.2, -0.15) is 0 Å². The van der Waals surface area contributed by atoms with Crippen LogP contribution in [0.15, 0.2) is 0 Å². The average molecular weight is 191 g/mol. The van der Waals surface area contributed by atoms with Crippen molar-refractivity contribution in [2.24, 2.45) is 0 Å². The summed E-state index contributed by atoms with van der Waals surface area (Å²) in [7, 11) is 0. The van der Waals surface area contributed by atoms with Gasteiger partial charge in [0.1, 0.15) is 0 Å². The quantitative estimate of drug-likeness (QED) is 0.555. The van der Waals surface area contributed by atoms with Crippen molar-refractivity contribution in [3.05, 3.63) is 0 Å². The van der Waals surface area contributed by atoms with Gasteiger partial charge in [0.25, 0.3) is 0 Å². The first-order valence-electron chi connectivity index (χ1n) is 3.99. The largest absolute Gasteiger partial charge is 0.473 e. The van der Waals surface area contributed by atoms with Gasteiger partial charge in [-0.3, -0.25) is 0 Å². The molecule has 0 bridgehead atoms. The number of rotatable bonds is 2. The van der Waals surface area contributed by atoms with Gasteiger partial charge >= 0.3 is 11.9 Å². The Bertz CT molecular complexity index is 148. The van der Waals surface area contributed by atoms with Gasteiger partial charge < -0.3 is 15.5 Å². The fraction of sp³-hybridized carbons (Fsp3) is 0.750. The SMILES string of the molecule is CC(C)NC(C)C.O=C(O)C(=O)O. The molecule has 0 saturated carbocycles. The van der Waals surface area contributed by atoms with Crippen molar-refractivity contribution >= 4 is 11.9 Å². The Balaban J connectivity index is 0. The number of carboxylic acids is 2. The zero-order chi connectivity index (χ0) is 11.0. The lowest BCUT2D eigenvalue weighted by atomic mass is 10.3. The zero-order valence-corrected chi connectivity index (χ0v) is 8.37. The Morgan fingerprint density at radius 1 is 0.923 bits per heavy atom. The molecule has 5 nitrogen and oxygen atoms in total. The zero-order valence-electron chi connectivity index (χ0n) is 8.37. The van der Waals surface area contributed by atoms with Crippen LogP contribution in [0.5, 0.6) is 0 Å². The molecule has 0 amide bonds. The minimum absolute atomic E-state index is 0.625. The van der Waals surface area contributed by atoms with E-state index in [2.05, 4.69) is 33.0 Å². The number of nitrogens with one attached hydrogen (secondary N) is 1. The first-order chi connectivity index (χ1) is 5.77. The predicted octanol–water partition coefficient (Wildman–Crippen LogP) is 0.548. The van der Waals surface area contributed by atoms with E-state index < -0.39 is 11.9 Å². The molecule has 0 saturated heterocycles. The highest BCUT2D eigenvalue weighted by molar-refractivity contribution is 6.27. The minimum atomic E-state index is -1.82. The average Bonchev–Trinajstić information content (AvgIpc) is 1.84. The summed E-state index contributed by atoms with van der Waals surface area (Å²) in [6.45, 7) is 8.61. The molecule has 78 valence electrons. The Kier molecular flexibility index (Phi) is 8.37. The highest BCUT2D eigenvalue weighted by Gasteiger charge is 2.04. The summed E-state index contributed by atoms with van der Waals surface area (Å²) >= 11 is 0. The summed E-state index contributed by atoms with van der Waals surface area (Å²) in [6, 6.07) is 1.25. The molecule has 3 N–H and O–H groups in total. The third-order valence-electron chi connectivity index (χ3n) is 0.850. The van der Waals surface area contributed by atoms with E-state index in [1.807, 2.05) is 0 Å². The first-order valence-corrected chi connectivity index (χ1v) is 3.99. The summed E-state index contributed by atoms with van der Waals surface area (Å²) in [4.78, 5) is 18.2. The Morgan fingerprint density at radius 3 is 1.15 bits per heavy atom. The second kappa shape index (κ2) is 7.54. The van der Waals surface area contributed by atoms with Crippen molar-refractivity contribution in [2.45, 2.75) is 39.8 Å². The smallest absolute Gasteiger partial charge is 0.414 e. The van der Waals surface area contributed by atoms with Gasteiger partial charge in [-0.15, -0.1) is 0 Å². The van der Waals surface area contributed by atoms with Crippen molar-refractivity contribution in [1.29, 1.82) is 0 Å². The maximum absolute atomic E-state index is 9.10. The van der Waals surface area contributed by atoms with Crippen LogP contribution in [0, 0.1) is 0 Å². The van der Waals surface area contributed by atoms with E-state index in [4.69, 9.17) is 19.8 Å². The number of hydrogen-bond donors (Lipinski definition) is 3. The van der Waals surface area contributed by atoms with Crippen molar-refractivity contribution in [3.63, 3.8) is 0 Å². The van der Waals surface area contributed by atoms with Crippen molar-refractivity contribution in [2.75, 3.05) is 0 Å². The highest BCUT2D eigenvalue weighted by Crippen LogP contribution is 1.80. The fourth-order valence-corrected chi connectivity index (χ4v) is 0.667. The van der Waals surface area contributed by atoms with Crippen LogP contribution < -0.4 is 5.32 Å². The molecule has 0 heterocycles. The Labute approximate surface area is 77.8 Å². The van der Waals surface area contributed by atoms with E-state index in [1.165, 1.54) is 0 Å². The number of carbonyl (C=O) groups is 2. The third-order valence-corrected chi connectivity index (χ3v) is 0.850. The monoisotopic (exact) mass is 191 g/mol. The van der Waals surface area contributed by atoms with Crippen LogP contribution in [-0.4, -0.2) is 34.2 Å². The molecule has 0 aliphatic rings. The van der Waals surface area contributed by atoms with Crippen LogP contribution in [0.4, 0.5) is 0 Å². The molecular formula is C8H17NO4. The van der Waals surface area contributed by atoms with E-state index in [9.17, 15) is 0 Å². The van der Waals surface area contributed by atoms with Crippen LogP contribution in [-0.2, 0) is 9.59 Å². The first kappa shape index (κ1) is 14.4. The summed E-state index contributed by atoms with van der Waals surface area (Å²) in [5.41, 5.74) is 0. The number of carboxylic acid groups (broad SMARTS) is 2. The summed E-state index contributed by atoms with van der Waals surface area (Å²) in [5, 5.41) is 18.1. The molecule has 0 aromatic rings. The molecule has 0 unspecified atom stereocenters. The van der Waals surface area contributed by atoms with E-state index in [1.54, 1.807) is 0 Å². The molecule has 0 spiro atoms. The van der Waals surface area contributed by atoms with Gasteiger partial charge in [-0.05, 0) is 0 Å². The molecule has 5 heteroatoms. The summed E-state index contributed by atoms with van der Waals surface area (Å²) < 4.78 is 0. The minimum Gasteiger partial charge on any atom is -0.473 e. The van der Waals surface area contributed by atoms with Crippen LogP contribution in [0.2, 0.25) is 0 Å². The summed E-state index contributed by atoms with van der Waals surface area (Å²) in [5.74, 6) is -3.65. The third kappa shape index (κ3) is 18.1. The predicted molar refractivity (Wildman–Crippen MR) is 48.7 cm³/mol. The molecule has 0 rings (SSSR count). The molecule has 0 aliphatic carbocycles. The molecule has 13 heavy (non-hydrogen) atoms. The topological polar surface area (TPSA) is 86.6 Å². The van der Waals surface area contributed by atoms with Crippen LogP contribution in [0.3, 0.4) is 0 Å². The van der Waals surface area contributed by atoms with Gasteiger partial charge in [0, 0.05) is 12.1 Å². The lowest BCUT2D eigenvalue weighted by molar-refractivity contribution is -0.159. The van der Waals surface area contributed by atoms with Crippen LogP contribution in [0.25, 0.3) is 0 Å². The van der Waals surface area contributed by atoms with E-state index >= 15 is 0 Å². The lowest BCUT2D eigenvalue weighted by Crippen LogP contribution is -2.29. The van der Waals surface area contributed by atoms with Gasteiger partial charge in [0.15, 0.2) is 0 Å². The maximum Gasteiger partial charge on any atom is 0.414 e. The normalized spacial score (nSPS) is 9.38. The van der Waals surface area contributed by atoms with Gasteiger partial charge in [0.05, 0.1) is 0 Å². The van der Waals surface area contributed by atoms with E-state index in [0.29, 0.717) is 12.1 Å². The second-order valence-corrected chi connectivity index (χ2v) is 3.09. The van der Waals surface area contributed by atoms with E-state index in [-0.39, 0.29) is 0 Å². The molecule has 0 radical (unpaired) electrons. The number of aliphatic carboxylic acids is 2. The standard InChI is InChI=1S/C6H15N.C2H2O4/c1-5(2)7-6(3)4;3-1(4)2(5)6/h5-7H,1-4H3;(H,3,4)(H,5,6). The maximum atomic E-state index is 9.10. The molecule has 0 aliphatic heterocycles. The van der Waals surface area contributed by atoms with Crippen molar-refractivity contribution in [1.82, 2.24) is 5.32 Å². The van der Waals surface area contributed by atoms with E-state index in [0.717, 1.165) is 0 Å². The van der Waals surface area contributed by atoms with Crippen LogP contribution >= 0.6 is 0 Å². The molecule has 0 aromatic heterocycles. The Hall–Kier alpha value is -1.10. The lowest BCUT2D eigenvalue weighted by Gasteiger charge is -2.10. The van der Waals surface area contributed by atoms with Gasteiger partial charge in [0.2, 0.25) is 0 Å². The van der Waals surface area contributed by atoms with Gasteiger partial charge in [-0.1, -0.05) is 27.7 Å². The summed E-state index contributed by atoms with van der Waals surface area (Å²) in [6.07, 6.45) is 0. The van der Waals surface area contributed by atoms with Crippen molar-refractivity contribution in [3.8, 4) is 0 Å². The fourth-order valence-electron chi connectivity index (χ4n) is 0.667. The van der Waals surface area contributed by atoms with Gasteiger partial charge in [-0.25, -0.2) is 9.59 Å². The molecule has 0 fully saturated rings. The van der Waals surface area contributed by atoms with Crippen molar-refractivity contribution < 1.29 is 19.8 Å². The Morgan fingerprint density at radius 2 is 1.15 bits per heavy atom.